The number of pyridine rings is 1. The molecular weight excluding hydrogens is 222 g/mol. The number of nitrogens with zero attached hydrogens (tertiary/aromatic N) is 1. The molecular formula is C12H16ClN3. The van der Waals surface area contributed by atoms with Crippen LogP contribution in [0.4, 0.5) is 0 Å². The van der Waals surface area contributed by atoms with Crippen LogP contribution >= 0.6 is 11.6 Å². The molecule has 3 rings (SSSR count). The van der Waals surface area contributed by atoms with Crippen LogP contribution < -0.4 is 10.9 Å². The minimum absolute atomic E-state index is 0.270. The Kier molecular flexibility index (Phi) is 2.84. The molecule has 0 spiro atoms. The fraction of sp³-hybridized carbons (Fsp3) is 0.583. The number of rotatable bonds is 1. The Morgan fingerprint density at radius 3 is 3.06 bits per heavy atom. The SMILES string of the molecule is ClC1CCCC2NNC(c3cccnc3)C12. The van der Waals surface area contributed by atoms with Crippen LogP contribution in [0.5, 0.6) is 0 Å². The first kappa shape index (κ1) is 10.5. The van der Waals surface area contributed by atoms with Gasteiger partial charge in [0.25, 0.3) is 0 Å². The molecule has 2 fully saturated rings. The van der Waals surface area contributed by atoms with Gasteiger partial charge in [0, 0.05) is 29.7 Å². The molecule has 1 saturated heterocycles. The van der Waals surface area contributed by atoms with Crippen molar-refractivity contribution in [2.75, 3.05) is 0 Å². The Morgan fingerprint density at radius 2 is 2.25 bits per heavy atom. The fourth-order valence-corrected chi connectivity index (χ4v) is 3.41. The summed E-state index contributed by atoms with van der Waals surface area (Å²) in [5, 5.41) is 0.270. The van der Waals surface area contributed by atoms with Crippen molar-refractivity contribution < 1.29 is 0 Å². The maximum absolute atomic E-state index is 6.46. The van der Waals surface area contributed by atoms with Crippen LogP contribution in [0.1, 0.15) is 30.9 Å². The van der Waals surface area contributed by atoms with Gasteiger partial charge < -0.3 is 0 Å². The van der Waals surface area contributed by atoms with Crippen LogP contribution in [0.25, 0.3) is 0 Å². The molecule has 86 valence electrons. The van der Waals surface area contributed by atoms with Gasteiger partial charge in [-0.15, -0.1) is 11.6 Å². The Hall–Kier alpha value is -0.640. The summed E-state index contributed by atoms with van der Waals surface area (Å²) < 4.78 is 0. The van der Waals surface area contributed by atoms with Crippen molar-refractivity contribution in [2.45, 2.75) is 36.7 Å². The van der Waals surface area contributed by atoms with Gasteiger partial charge in [0.05, 0.1) is 6.04 Å². The topological polar surface area (TPSA) is 37.0 Å². The number of aromatic nitrogens is 1. The van der Waals surface area contributed by atoms with Crippen molar-refractivity contribution in [2.24, 2.45) is 5.92 Å². The lowest BCUT2D eigenvalue weighted by atomic mass is 9.79. The van der Waals surface area contributed by atoms with Gasteiger partial charge in [0.1, 0.15) is 0 Å². The van der Waals surface area contributed by atoms with E-state index in [9.17, 15) is 0 Å². The molecule has 1 aliphatic carbocycles. The quantitative estimate of drug-likeness (QED) is 0.734. The summed E-state index contributed by atoms with van der Waals surface area (Å²) in [5.74, 6) is 0.486. The average molecular weight is 238 g/mol. The van der Waals surface area contributed by atoms with E-state index in [0.29, 0.717) is 18.0 Å². The van der Waals surface area contributed by atoms with E-state index in [0.717, 1.165) is 6.42 Å². The molecule has 0 bridgehead atoms. The highest BCUT2D eigenvalue weighted by molar-refractivity contribution is 6.21. The Morgan fingerprint density at radius 1 is 1.31 bits per heavy atom. The van der Waals surface area contributed by atoms with Gasteiger partial charge >= 0.3 is 0 Å². The molecule has 0 radical (unpaired) electrons. The van der Waals surface area contributed by atoms with E-state index < -0.39 is 0 Å². The molecule has 4 unspecified atom stereocenters. The van der Waals surface area contributed by atoms with E-state index in [2.05, 4.69) is 21.9 Å². The maximum Gasteiger partial charge on any atom is 0.0535 e. The molecule has 0 aromatic carbocycles. The molecule has 2 N–H and O–H groups in total. The van der Waals surface area contributed by atoms with E-state index in [1.165, 1.54) is 18.4 Å². The highest BCUT2D eigenvalue weighted by Crippen LogP contribution is 2.40. The largest absolute Gasteiger partial charge is 0.264 e. The number of hydrogen-bond acceptors (Lipinski definition) is 3. The number of nitrogens with one attached hydrogen (secondary N) is 2. The third-order valence-electron chi connectivity index (χ3n) is 3.73. The molecule has 16 heavy (non-hydrogen) atoms. The summed E-state index contributed by atoms with van der Waals surface area (Å²) in [6.45, 7) is 0. The van der Waals surface area contributed by atoms with Crippen molar-refractivity contribution in [3.05, 3.63) is 30.1 Å². The average Bonchev–Trinajstić information content (AvgIpc) is 2.75. The van der Waals surface area contributed by atoms with Gasteiger partial charge in [-0.2, -0.15) is 0 Å². The number of hydrogen-bond donors (Lipinski definition) is 2. The minimum atomic E-state index is 0.270. The molecule has 1 aliphatic heterocycles. The maximum atomic E-state index is 6.46. The third-order valence-corrected chi connectivity index (χ3v) is 4.24. The summed E-state index contributed by atoms with van der Waals surface area (Å²) in [6, 6.07) is 4.92. The summed E-state index contributed by atoms with van der Waals surface area (Å²) >= 11 is 6.46. The van der Waals surface area contributed by atoms with E-state index in [1.807, 2.05) is 18.5 Å². The molecule has 2 heterocycles. The monoisotopic (exact) mass is 237 g/mol. The van der Waals surface area contributed by atoms with Crippen molar-refractivity contribution in [3.8, 4) is 0 Å². The molecule has 2 aliphatic rings. The fourth-order valence-electron chi connectivity index (χ4n) is 2.94. The lowest BCUT2D eigenvalue weighted by Gasteiger charge is -2.31. The minimum Gasteiger partial charge on any atom is -0.264 e. The Bertz CT molecular complexity index is 357. The highest BCUT2D eigenvalue weighted by Gasteiger charge is 2.42. The number of fused-ring (bicyclic) bond motifs is 1. The lowest BCUT2D eigenvalue weighted by molar-refractivity contribution is 0.313. The van der Waals surface area contributed by atoms with Gasteiger partial charge in [-0.05, 0) is 24.5 Å². The highest BCUT2D eigenvalue weighted by atomic mass is 35.5. The zero-order valence-electron chi connectivity index (χ0n) is 9.07. The van der Waals surface area contributed by atoms with Gasteiger partial charge in [-0.1, -0.05) is 12.5 Å². The van der Waals surface area contributed by atoms with Gasteiger partial charge in [-0.25, -0.2) is 5.43 Å². The van der Waals surface area contributed by atoms with Crippen LogP contribution in [-0.4, -0.2) is 16.4 Å². The number of halogens is 1. The second-order valence-electron chi connectivity index (χ2n) is 4.68. The molecule has 1 aromatic heterocycles. The Labute approximate surface area is 101 Å². The molecule has 4 atom stereocenters. The summed E-state index contributed by atoms with van der Waals surface area (Å²) in [4.78, 5) is 4.18. The van der Waals surface area contributed by atoms with E-state index in [1.54, 1.807) is 0 Å². The zero-order chi connectivity index (χ0) is 11.0. The summed E-state index contributed by atoms with van der Waals surface area (Å²) in [7, 11) is 0. The third kappa shape index (κ3) is 1.73. The first-order chi connectivity index (χ1) is 7.86. The first-order valence-electron chi connectivity index (χ1n) is 5.91. The van der Waals surface area contributed by atoms with Crippen LogP contribution in [-0.2, 0) is 0 Å². The van der Waals surface area contributed by atoms with Gasteiger partial charge in [0.15, 0.2) is 0 Å². The van der Waals surface area contributed by atoms with Crippen molar-refractivity contribution in [3.63, 3.8) is 0 Å². The van der Waals surface area contributed by atoms with Crippen LogP contribution in [0, 0.1) is 5.92 Å². The predicted molar refractivity (Wildman–Crippen MR) is 64.0 cm³/mol. The second-order valence-corrected chi connectivity index (χ2v) is 5.24. The second kappa shape index (κ2) is 4.32. The standard InChI is InChI=1S/C12H16ClN3/c13-9-4-1-5-10-11(9)12(16-15-10)8-3-2-6-14-7-8/h2-3,6-7,9-12,15-16H,1,4-5H2. The Balaban J connectivity index is 1.86. The molecule has 1 aromatic rings. The zero-order valence-corrected chi connectivity index (χ0v) is 9.82. The first-order valence-corrected chi connectivity index (χ1v) is 6.35. The summed E-state index contributed by atoms with van der Waals surface area (Å²) in [5.41, 5.74) is 7.98. The molecule has 4 heteroatoms. The number of hydrazine groups is 1. The van der Waals surface area contributed by atoms with E-state index in [-0.39, 0.29) is 5.38 Å². The molecule has 0 amide bonds. The van der Waals surface area contributed by atoms with E-state index >= 15 is 0 Å². The normalized spacial score (nSPS) is 38.3. The number of alkyl halides is 1. The molecule has 1 saturated carbocycles. The van der Waals surface area contributed by atoms with Crippen LogP contribution in [0.15, 0.2) is 24.5 Å². The van der Waals surface area contributed by atoms with Gasteiger partial charge in [-0.3, -0.25) is 10.4 Å². The molecule has 3 nitrogen and oxygen atoms in total. The van der Waals surface area contributed by atoms with Gasteiger partial charge in [0.2, 0.25) is 0 Å². The lowest BCUT2D eigenvalue weighted by Crippen LogP contribution is -2.37. The predicted octanol–water partition coefficient (Wildman–Crippen LogP) is 2.01. The van der Waals surface area contributed by atoms with Crippen molar-refractivity contribution in [1.82, 2.24) is 15.8 Å². The van der Waals surface area contributed by atoms with Crippen LogP contribution in [0.3, 0.4) is 0 Å². The van der Waals surface area contributed by atoms with Crippen molar-refractivity contribution >= 4 is 11.6 Å². The van der Waals surface area contributed by atoms with Crippen LogP contribution in [0.2, 0.25) is 0 Å². The van der Waals surface area contributed by atoms with Crippen molar-refractivity contribution in [1.29, 1.82) is 0 Å². The smallest absolute Gasteiger partial charge is 0.0535 e. The van der Waals surface area contributed by atoms with E-state index in [4.69, 9.17) is 11.6 Å². The summed E-state index contributed by atoms with van der Waals surface area (Å²) in [6.07, 6.45) is 7.31.